The van der Waals surface area contributed by atoms with E-state index < -0.39 is 0 Å². The van der Waals surface area contributed by atoms with Gasteiger partial charge in [0.2, 0.25) is 5.91 Å². The maximum absolute atomic E-state index is 14.0. The first-order chi connectivity index (χ1) is 19.5. The number of rotatable bonds is 7. The summed E-state index contributed by atoms with van der Waals surface area (Å²) in [6.07, 6.45) is 8.10. The summed E-state index contributed by atoms with van der Waals surface area (Å²) >= 11 is 1.84. The van der Waals surface area contributed by atoms with E-state index in [1.165, 1.54) is 43.1 Å². The average molecular weight is 564 g/mol. The summed E-state index contributed by atoms with van der Waals surface area (Å²) in [6.45, 7) is 5.11. The summed E-state index contributed by atoms with van der Waals surface area (Å²) in [6, 6.07) is 15.6. The van der Waals surface area contributed by atoms with E-state index in [1.807, 2.05) is 30.0 Å². The zero-order chi connectivity index (χ0) is 27.2. The maximum atomic E-state index is 14.0. The molecule has 40 heavy (non-hydrogen) atoms. The number of thioether (sulfide) groups is 1. The molecule has 2 aromatic carbocycles. The summed E-state index contributed by atoms with van der Waals surface area (Å²) in [5.74, 6) is 4.68. The smallest absolute Gasteiger partial charge is 0.240 e. The summed E-state index contributed by atoms with van der Waals surface area (Å²) in [7, 11) is 1.68. The molecule has 0 unspecified atom stereocenters. The fraction of sp³-hybridized carbons (Fsp3) is 0.606. The molecular formula is C33H42FN3O2S. The van der Waals surface area contributed by atoms with Crippen LogP contribution in [-0.2, 0) is 11.3 Å². The molecule has 2 aliphatic heterocycles. The van der Waals surface area contributed by atoms with Crippen LogP contribution >= 0.6 is 11.8 Å². The van der Waals surface area contributed by atoms with Crippen molar-refractivity contribution >= 4 is 17.7 Å². The molecule has 4 saturated carbocycles. The minimum atomic E-state index is -0.218. The fourth-order valence-corrected chi connectivity index (χ4v) is 10.3. The van der Waals surface area contributed by atoms with E-state index in [0.717, 1.165) is 80.2 Å². The molecule has 2 saturated heterocycles. The number of ether oxygens (including phenoxy) is 1. The van der Waals surface area contributed by atoms with Gasteiger partial charge >= 0.3 is 0 Å². The molecule has 6 fully saturated rings. The number of nitrogens with zero attached hydrogens (tertiary/aromatic N) is 3. The number of carbonyl (C=O) groups is 1. The quantitative estimate of drug-likeness (QED) is 0.442. The van der Waals surface area contributed by atoms with Crippen molar-refractivity contribution in [2.45, 2.75) is 67.3 Å². The highest BCUT2D eigenvalue weighted by molar-refractivity contribution is 8.00. The van der Waals surface area contributed by atoms with Crippen LogP contribution in [0.25, 0.3) is 0 Å². The van der Waals surface area contributed by atoms with Gasteiger partial charge in [0.1, 0.15) is 11.6 Å². The zero-order valence-electron chi connectivity index (χ0n) is 23.6. The van der Waals surface area contributed by atoms with Gasteiger partial charge in [-0.3, -0.25) is 14.6 Å². The minimum absolute atomic E-state index is 0.160. The second kappa shape index (κ2) is 11.3. The number of hydrogen-bond acceptors (Lipinski definition) is 5. The summed E-state index contributed by atoms with van der Waals surface area (Å²) in [5.41, 5.74) is 0.930. The second-order valence-electron chi connectivity index (χ2n) is 13.0. The Bertz CT molecular complexity index is 1170. The number of benzene rings is 2. The van der Waals surface area contributed by atoms with Gasteiger partial charge in [0.15, 0.2) is 0 Å². The molecule has 0 aromatic heterocycles. The molecule has 5 nitrogen and oxygen atoms in total. The number of halogens is 1. The Morgan fingerprint density at radius 1 is 0.925 bits per heavy atom. The Kier molecular flexibility index (Phi) is 7.56. The first kappa shape index (κ1) is 26.8. The minimum Gasteiger partial charge on any atom is -0.497 e. The van der Waals surface area contributed by atoms with E-state index in [0.29, 0.717) is 11.8 Å². The van der Waals surface area contributed by atoms with Gasteiger partial charge in [0.05, 0.1) is 13.2 Å². The van der Waals surface area contributed by atoms with Crippen LogP contribution in [0.5, 0.6) is 5.75 Å². The number of hydrogen-bond donors (Lipinski definition) is 0. The van der Waals surface area contributed by atoms with Crippen LogP contribution in [-0.4, -0.2) is 77.8 Å². The summed E-state index contributed by atoms with van der Waals surface area (Å²) < 4.78 is 19.3. The molecule has 7 heteroatoms. The molecule has 4 aliphatic carbocycles. The van der Waals surface area contributed by atoms with Crippen molar-refractivity contribution in [2.75, 3.05) is 39.8 Å². The molecular weight excluding hydrogens is 521 g/mol. The fourth-order valence-electron chi connectivity index (χ4n) is 9.04. The standard InChI is InChI=1S/C33H42FN3O2S/c1-39-28-5-7-29(8-6-28)40-30-19-31(37(21-30)20-22-3-2-4-27(34)18-22)33(38)36-11-9-35(10-12-36)32-25-14-23-13-24(16-25)17-26(32)15-23/h2-8,18,23-26,30-32H,9-17,19-21H2,1H3/t23?,24?,25?,26?,30-,31-,32?/m0/s1. The van der Waals surface area contributed by atoms with Crippen molar-refractivity contribution in [3.8, 4) is 5.75 Å². The predicted octanol–water partition coefficient (Wildman–Crippen LogP) is 5.54. The molecule has 6 aliphatic rings. The lowest BCUT2D eigenvalue weighted by Gasteiger charge is -2.58. The second-order valence-corrected chi connectivity index (χ2v) is 14.4. The van der Waals surface area contributed by atoms with E-state index in [4.69, 9.17) is 4.74 Å². The Balaban J connectivity index is 1.02. The van der Waals surface area contributed by atoms with Crippen LogP contribution in [0, 0.1) is 29.5 Å². The van der Waals surface area contributed by atoms with Crippen molar-refractivity contribution in [3.63, 3.8) is 0 Å². The molecule has 2 heterocycles. The summed E-state index contributed by atoms with van der Waals surface area (Å²) in [4.78, 5) is 22.4. The van der Waals surface area contributed by atoms with E-state index in [2.05, 4.69) is 26.8 Å². The third-order valence-corrected chi connectivity index (χ3v) is 11.7. The lowest BCUT2D eigenvalue weighted by atomic mass is 9.54. The number of carbonyl (C=O) groups excluding carboxylic acids is 1. The SMILES string of the molecule is COc1ccc(S[C@H]2C[C@@H](C(=O)N3CCN(C4C5CC6CC(C5)CC4C6)CC3)N(Cc3cccc(F)c3)C2)cc1. The van der Waals surface area contributed by atoms with Gasteiger partial charge in [0, 0.05) is 55.5 Å². The van der Waals surface area contributed by atoms with E-state index in [1.54, 1.807) is 19.2 Å². The van der Waals surface area contributed by atoms with Gasteiger partial charge in [0.25, 0.3) is 0 Å². The van der Waals surface area contributed by atoms with Gasteiger partial charge in [-0.1, -0.05) is 12.1 Å². The highest BCUT2D eigenvalue weighted by atomic mass is 32.2. The monoisotopic (exact) mass is 563 g/mol. The first-order valence-electron chi connectivity index (χ1n) is 15.3. The van der Waals surface area contributed by atoms with Crippen LogP contribution < -0.4 is 4.74 Å². The Morgan fingerprint density at radius 2 is 1.62 bits per heavy atom. The van der Waals surface area contributed by atoms with Crippen molar-refractivity contribution in [1.82, 2.24) is 14.7 Å². The zero-order valence-corrected chi connectivity index (χ0v) is 24.4. The molecule has 2 aromatic rings. The number of amides is 1. The number of methoxy groups -OCH3 is 1. The Hall–Kier alpha value is -2.09. The van der Waals surface area contributed by atoms with E-state index in [-0.39, 0.29) is 17.8 Å². The van der Waals surface area contributed by atoms with Gasteiger partial charge < -0.3 is 9.64 Å². The predicted molar refractivity (Wildman–Crippen MR) is 157 cm³/mol. The van der Waals surface area contributed by atoms with Crippen LogP contribution in [0.15, 0.2) is 53.4 Å². The number of likely N-dealkylation sites (tertiary alicyclic amines) is 1. The molecule has 1 amide bonds. The molecule has 2 atom stereocenters. The molecule has 0 N–H and O–H groups in total. The highest BCUT2D eigenvalue weighted by Gasteiger charge is 2.50. The van der Waals surface area contributed by atoms with Crippen molar-refractivity contribution in [1.29, 1.82) is 0 Å². The molecule has 8 rings (SSSR count). The molecule has 214 valence electrons. The Morgan fingerprint density at radius 3 is 2.27 bits per heavy atom. The van der Waals surface area contributed by atoms with E-state index in [9.17, 15) is 9.18 Å². The third-order valence-electron chi connectivity index (χ3n) is 10.5. The normalized spacial score (nSPS) is 34.0. The largest absolute Gasteiger partial charge is 0.497 e. The molecule has 0 spiro atoms. The van der Waals surface area contributed by atoms with Crippen LogP contribution in [0.1, 0.15) is 44.1 Å². The molecule has 0 radical (unpaired) electrons. The van der Waals surface area contributed by atoms with E-state index >= 15 is 0 Å². The average Bonchev–Trinajstić information content (AvgIpc) is 3.34. The van der Waals surface area contributed by atoms with Crippen molar-refractivity contribution in [3.05, 3.63) is 59.9 Å². The highest BCUT2D eigenvalue weighted by Crippen LogP contribution is 2.55. The lowest BCUT2D eigenvalue weighted by Crippen LogP contribution is -2.61. The molecule has 4 bridgehead atoms. The lowest BCUT2D eigenvalue weighted by molar-refractivity contribution is -0.140. The van der Waals surface area contributed by atoms with Crippen molar-refractivity contribution in [2.24, 2.45) is 23.7 Å². The van der Waals surface area contributed by atoms with Crippen LogP contribution in [0.4, 0.5) is 4.39 Å². The summed E-state index contributed by atoms with van der Waals surface area (Å²) in [5, 5.41) is 0.310. The Labute approximate surface area is 242 Å². The van der Waals surface area contributed by atoms with Gasteiger partial charge in [-0.15, -0.1) is 11.8 Å². The van der Waals surface area contributed by atoms with Crippen molar-refractivity contribution < 1.29 is 13.9 Å². The van der Waals surface area contributed by atoms with Crippen LogP contribution in [0.2, 0.25) is 0 Å². The number of piperazine rings is 1. The first-order valence-corrected chi connectivity index (χ1v) is 16.2. The van der Waals surface area contributed by atoms with Gasteiger partial charge in [-0.25, -0.2) is 4.39 Å². The topological polar surface area (TPSA) is 36.0 Å². The third kappa shape index (κ3) is 5.41. The van der Waals surface area contributed by atoms with Crippen LogP contribution in [0.3, 0.4) is 0 Å². The van der Waals surface area contributed by atoms with Gasteiger partial charge in [-0.2, -0.15) is 0 Å². The van der Waals surface area contributed by atoms with Gasteiger partial charge in [-0.05, 0) is 104 Å². The maximum Gasteiger partial charge on any atom is 0.240 e.